The molecule has 1 atom stereocenters. The molecule has 0 saturated carbocycles. The molecular weight excluding hydrogens is 180 g/mol. The van der Waals surface area contributed by atoms with E-state index in [1.165, 1.54) is 0 Å². The molecule has 14 heavy (non-hydrogen) atoms. The smallest absolute Gasteiger partial charge is 0.166 e. The summed E-state index contributed by atoms with van der Waals surface area (Å²) in [4.78, 5) is 22.3. The van der Waals surface area contributed by atoms with Gasteiger partial charge in [0.05, 0.1) is 0 Å². The van der Waals surface area contributed by atoms with Gasteiger partial charge in [-0.15, -0.1) is 0 Å². The predicted molar refractivity (Wildman–Crippen MR) is 55.2 cm³/mol. The van der Waals surface area contributed by atoms with E-state index in [1.54, 1.807) is 20.8 Å². The number of Topliss-reactive ketones (excluding diaryl/α,β-unsaturated/α-hetero) is 1. The van der Waals surface area contributed by atoms with E-state index in [1.807, 2.05) is 20.8 Å². The molecule has 0 aromatic rings. The summed E-state index contributed by atoms with van der Waals surface area (Å²) in [6, 6.07) is 0. The Morgan fingerprint density at radius 3 is 1.93 bits per heavy atom. The van der Waals surface area contributed by atoms with Crippen molar-refractivity contribution in [3.8, 4) is 0 Å². The van der Waals surface area contributed by atoms with Gasteiger partial charge in [-0.25, -0.2) is 0 Å². The van der Waals surface area contributed by atoms with E-state index in [9.17, 15) is 9.59 Å². The van der Waals surface area contributed by atoms with E-state index >= 15 is 0 Å². The normalized spacial score (nSPS) is 15.0. The highest BCUT2D eigenvalue weighted by molar-refractivity contribution is 5.87. The number of rotatable bonds is 4. The van der Waals surface area contributed by atoms with E-state index in [0.717, 1.165) is 0 Å². The van der Waals surface area contributed by atoms with Crippen LogP contribution in [0.5, 0.6) is 0 Å². The van der Waals surface area contributed by atoms with Gasteiger partial charge in [0, 0.05) is 5.41 Å². The predicted octanol–water partition coefficient (Wildman–Crippen LogP) is 1.98. The molecule has 0 aliphatic rings. The topological polar surface area (TPSA) is 43.4 Å². The molecule has 1 unspecified atom stereocenters. The Morgan fingerprint density at radius 2 is 1.64 bits per heavy atom. The summed E-state index contributed by atoms with van der Waals surface area (Å²) in [5, 5.41) is 0. The standard InChI is InChI=1S/C11H20O3/c1-8(9(13)10(2,3)4)14-11(5,6)7-12/h7-8H,1-6H3. The van der Waals surface area contributed by atoms with Gasteiger partial charge in [0.25, 0.3) is 0 Å². The number of carbonyl (C=O) groups is 2. The lowest BCUT2D eigenvalue weighted by Gasteiger charge is -2.27. The van der Waals surface area contributed by atoms with Crippen LogP contribution in [0.25, 0.3) is 0 Å². The Labute approximate surface area is 85.8 Å². The Bertz CT molecular complexity index is 223. The summed E-state index contributed by atoms with van der Waals surface area (Å²) >= 11 is 0. The fourth-order valence-electron chi connectivity index (χ4n) is 1.15. The molecule has 82 valence electrons. The molecule has 0 bridgehead atoms. The van der Waals surface area contributed by atoms with Crippen LogP contribution in [0.4, 0.5) is 0 Å². The van der Waals surface area contributed by atoms with Crippen LogP contribution in [0.1, 0.15) is 41.5 Å². The van der Waals surface area contributed by atoms with Gasteiger partial charge in [0.2, 0.25) is 0 Å². The molecule has 0 aliphatic carbocycles. The monoisotopic (exact) mass is 200 g/mol. The quantitative estimate of drug-likeness (QED) is 0.652. The van der Waals surface area contributed by atoms with Crippen molar-refractivity contribution in [3.63, 3.8) is 0 Å². The van der Waals surface area contributed by atoms with E-state index < -0.39 is 17.1 Å². The van der Waals surface area contributed by atoms with Crippen LogP contribution in [0.3, 0.4) is 0 Å². The molecule has 0 saturated heterocycles. The van der Waals surface area contributed by atoms with Crippen LogP contribution in [0.15, 0.2) is 0 Å². The van der Waals surface area contributed by atoms with Crippen LogP contribution < -0.4 is 0 Å². The zero-order chi connectivity index (χ0) is 11.6. The van der Waals surface area contributed by atoms with Crippen molar-refractivity contribution in [3.05, 3.63) is 0 Å². The van der Waals surface area contributed by atoms with Gasteiger partial charge in [0.1, 0.15) is 11.7 Å². The van der Waals surface area contributed by atoms with Crippen LogP contribution in [0.2, 0.25) is 0 Å². The second-order valence-corrected chi connectivity index (χ2v) is 5.10. The molecule has 0 radical (unpaired) electrons. The van der Waals surface area contributed by atoms with Gasteiger partial charge in [-0.2, -0.15) is 0 Å². The van der Waals surface area contributed by atoms with E-state index in [-0.39, 0.29) is 5.78 Å². The number of ketones is 1. The summed E-state index contributed by atoms with van der Waals surface area (Å²) in [5.74, 6) is 0.00688. The zero-order valence-electron chi connectivity index (χ0n) is 9.88. The third-order valence-electron chi connectivity index (χ3n) is 1.87. The van der Waals surface area contributed by atoms with Gasteiger partial charge in [-0.1, -0.05) is 20.8 Å². The number of hydrogen-bond acceptors (Lipinski definition) is 3. The van der Waals surface area contributed by atoms with Crippen LogP contribution in [-0.4, -0.2) is 23.8 Å². The lowest BCUT2D eigenvalue weighted by Crippen LogP contribution is -2.39. The molecule has 0 aromatic heterocycles. The van der Waals surface area contributed by atoms with E-state index in [0.29, 0.717) is 6.29 Å². The van der Waals surface area contributed by atoms with Gasteiger partial charge < -0.3 is 9.53 Å². The maximum atomic E-state index is 11.7. The molecule has 0 amide bonds. The van der Waals surface area contributed by atoms with Crippen LogP contribution >= 0.6 is 0 Å². The molecule has 0 aromatic carbocycles. The molecular formula is C11H20O3. The van der Waals surface area contributed by atoms with Crippen LogP contribution in [0, 0.1) is 5.41 Å². The molecule has 0 aliphatic heterocycles. The van der Waals surface area contributed by atoms with Crippen molar-refractivity contribution < 1.29 is 14.3 Å². The van der Waals surface area contributed by atoms with Crippen molar-refractivity contribution in [1.82, 2.24) is 0 Å². The first-order valence-electron chi connectivity index (χ1n) is 4.78. The maximum Gasteiger partial charge on any atom is 0.166 e. The third kappa shape index (κ3) is 4.01. The van der Waals surface area contributed by atoms with Crippen molar-refractivity contribution >= 4 is 12.1 Å². The summed E-state index contributed by atoms with van der Waals surface area (Å²) in [5.41, 5.74) is -1.32. The zero-order valence-corrected chi connectivity index (χ0v) is 9.88. The molecule has 3 nitrogen and oxygen atoms in total. The highest BCUT2D eigenvalue weighted by Crippen LogP contribution is 2.20. The Hall–Kier alpha value is -0.700. The Kier molecular flexibility index (Phi) is 4.01. The minimum atomic E-state index is -0.889. The summed E-state index contributed by atoms with van der Waals surface area (Å²) in [6.45, 7) is 10.5. The second kappa shape index (κ2) is 4.22. The number of hydrogen-bond donors (Lipinski definition) is 0. The molecule has 0 fully saturated rings. The highest BCUT2D eigenvalue weighted by atomic mass is 16.5. The number of ether oxygens (including phenoxy) is 1. The Balaban J connectivity index is 4.44. The molecule has 0 spiro atoms. The van der Waals surface area contributed by atoms with Gasteiger partial charge in [-0.05, 0) is 20.8 Å². The SMILES string of the molecule is CC(OC(C)(C)C=O)C(=O)C(C)(C)C. The van der Waals surface area contributed by atoms with E-state index in [4.69, 9.17) is 4.74 Å². The minimum absolute atomic E-state index is 0.00688. The van der Waals surface area contributed by atoms with Crippen molar-refractivity contribution in [2.75, 3.05) is 0 Å². The molecule has 0 N–H and O–H groups in total. The van der Waals surface area contributed by atoms with Crippen molar-refractivity contribution in [1.29, 1.82) is 0 Å². The van der Waals surface area contributed by atoms with Gasteiger partial charge in [-0.3, -0.25) is 4.79 Å². The largest absolute Gasteiger partial charge is 0.357 e. The fourth-order valence-corrected chi connectivity index (χ4v) is 1.15. The first-order valence-corrected chi connectivity index (χ1v) is 4.78. The van der Waals surface area contributed by atoms with Gasteiger partial charge >= 0.3 is 0 Å². The average molecular weight is 200 g/mol. The minimum Gasteiger partial charge on any atom is -0.357 e. The summed E-state index contributed by atoms with van der Waals surface area (Å²) in [7, 11) is 0. The van der Waals surface area contributed by atoms with Crippen molar-refractivity contribution in [2.24, 2.45) is 5.41 Å². The van der Waals surface area contributed by atoms with Gasteiger partial charge in [0.15, 0.2) is 12.1 Å². The number of aldehydes is 1. The average Bonchev–Trinajstić information content (AvgIpc) is 2.00. The number of carbonyl (C=O) groups excluding carboxylic acids is 2. The molecule has 0 heterocycles. The van der Waals surface area contributed by atoms with Crippen LogP contribution in [-0.2, 0) is 14.3 Å². The highest BCUT2D eigenvalue weighted by Gasteiger charge is 2.31. The lowest BCUT2D eigenvalue weighted by molar-refractivity contribution is -0.151. The van der Waals surface area contributed by atoms with E-state index in [2.05, 4.69) is 0 Å². The lowest BCUT2D eigenvalue weighted by atomic mass is 9.88. The third-order valence-corrected chi connectivity index (χ3v) is 1.87. The molecule has 3 heteroatoms. The first kappa shape index (κ1) is 13.3. The first-order chi connectivity index (χ1) is 6.10. The molecule has 0 rings (SSSR count). The Morgan fingerprint density at radius 1 is 1.21 bits per heavy atom. The fraction of sp³-hybridized carbons (Fsp3) is 0.818. The van der Waals surface area contributed by atoms with Crippen molar-refractivity contribution in [2.45, 2.75) is 53.2 Å². The maximum absolute atomic E-state index is 11.7. The summed E-state index contributed by atoms with van der Waals surface area (Å²) in [6.07, 6.45) is 0.162. The second-order valence-electron chi connectivity index (χ2n) is 5.10. The summed E-state index contributed by atoms with van der Waals surface area (Å²) < 4.78 is 5.36.